The van der Waals surface area contributed by atoms with Crippen LogP contribution in [0.25, 0.3) is 0 Å². The molecular formula is C26H26ClNO4. The second-order valence-corrected chi connectivity index (χ2v) is 8.27. The Balaban J connectivity index is 1.46. The number of benzene rings is 3. The van der Waals surface area contributed by atoms with Gasteiger partial charge in [-0.3, -0.25) is 4.79 Å². The Morgan fingerprint density at radius 3 is 2.19 bits per heavy atom. The van der Waals surface area contributed by atoms with Crippen LogP contribution in [0.1, 0.15) is 35.3 Å². The molecule has 1 N–H and O–H groups in total. The number of halogens is 1. The number of esters is 1. The van der Waals surface area contributed by atoms with Crippen molar-refractivity contribution in [1.29, 1.82) is 0 Å². The summed E-state index contributed by atoms with van der Waals surface area (Å²) >= 11 is 5.84. The maximum atomic E-state index is 12.5. The average Bonchev–Trinajstić information content (AvgIpc) is 2.79. The first-order chi connectivity index (χ1) is 15.3. The molecule has 0 bridgehead atoms. The zero-order valence-corrected chi connectivity index (χ0v) is 18.9. The summed E-state index contributed by atoms with van der Waals surface area (Å²) in [6, 6.07) is 23.7. The Morgan fingerprint density at radius 1 is 0.875 bits per heavy atom. The van der Waals surface area contributed by atoms with Crippen molar-refractivity contribution in [3.63, 3.8) is 0 Å². The molecule has 0 spiro atoms. The average molecular weight is 452 g/mol. The third-order valence-corrected chi connectivity index (χ3v) is 5.06. The molecular weight excluding hydrogens is 426 g/mol. The van der Waals surface area contributed by atoms with Gasteiger partial charge in [-0.2, -0.15) is 0 Å². The van der Waals surface area contributed by atoms with Crippen LogP contribution in [0.2, 0.25) is 5.02 Å². The standard InChI is InChI=1S/C26H26ClNO4/c1-26(2,25(30)31-18-20-6-4-3-5-7-20)32-23-14-8-19(9-15-23)16-17-28-24(29)21-10-12-22(27)13-11-21/h3-15H,16-18H2,1-2H3,(H,28,29). The number of carbonyl (C=O) groups excluding carboxylic acids is 2. The molecule has 1 amide bonds. The van der Waals surface area contributed by atoms with Crippen LogP contribution in [0.5, 0.6) is 5.75 Å². The first kappa shape index (κ1) is 23.4. The Bertz CT molecular complexity index is 1030. The summed E-state index contributed by atoms with van der Waals surface area (Å²) in [5, 5.41) is 3.48. The number of hydrogen-bond donors (Lipinski definition) is 1. The largest absolute Gasteiger partial charge is 0.476 e. The van der Waals surface area contributed by atoms with Crippen molar-refractivity contribution in [1.82, 2.24) is 5.32 Å². The molecule has 3 aromatic carbocycles. The molecule has 3 rings (SSSR count). The molecule has 0 saturated carbocycles. The highest BCUT2D eigenvalue weighted by molar-refractivity contribution is 6.30. The highest BCUT2D eigenvalue weighted by Gasteiger charge is 2.31. The lowest BCUT2D eigenvalue weighted by Crippen LogP contribution is -2.39. The van der Waals surface area contributed by atoms with E-state index in [-0.39, 0.29) is 12.5 Å². The normalized spacial score (nSPS) is 11.0. The smallest absolute Gasteiger partial charge is 0.350 e. The van der Waals surface area contributed by atoms with Gasteiger partial charge in [0.05, 0.1) is 0 Å². The van der Waals surface area contributed by atoms with Crippen LogP contribution in [0.15, 0.2) is 78.9 Å². The summed E-state index contributed by atoms with van der Waals surface area (Å²) in [5.74, 6) is -0.00617. The number of amides is 1. The predicted octanol–water partition coefficient (Wildman–Crippen LogP) is 5.21. The lowest BCUT2D eigenvalue weighted by atomic mass is 10.1. The molecule has 0 saturated heterocycles. The molecule has 32 heavy (non-hydrogen) atoms. The fourth-order valence-electron chi connectivity index (χ4n) is 2.98. The summed E-state index contributed by atoms with van der Waals surface area (Å²) in [6.07, 6.45) is 0.669. The SMILES string of the molecule is CC(C)(Oc1ccc(CCNC(=O)c2ccc(Cl)cc2)cc1)C(=O)OCc1ccccc1. The van der Waals surface area contributed by atoms with E-state index in [2.05, 4.69) is 5.32 Å². The Hall–Kier alpha value is -3.31. The van der Waals surface area contributed by atoms with Crippen LogP contribution in [0.4, 0.5) is 0 Å². The summed E-state index contributed by atoms with van der Waals surface area (Å²) in [5.41, 5.74) is 1.41. The van der Waals surface area contributed by atoms with Gasteiger partial charge in [-0.1, -0.05) is 54.1 Å². The zero-order chi connectivity index (χ0) is 23.0. The quantitative estimate of drug-likeness (QED) is 0.453. The van der Waals surface area contributed by atoms with E-state index in [1.165, 1.54) is 0 Å². The van der Waals surface area contributed by atoms with Crippen LogP contribution in [-0.2, 0) is 22.6 Å². The predicted molar refractivity (Wildman–Crippen MR) is 125 cm³/mol. The number of nitrogens with one attached hydrogen (secondary N) is 1. The van der Waals surface area contributed by atoms with Crippen molar-refractivity contribution in [3.8, 4) is 5.75 Å². The molecule has 0 aliphatic rings. The molecule has 0 aromatic heterocycles. The van der Waals surface area contributed by atoms with Gasteiger partial charge in [0.2, 0.25) is 0 Å². The maximum Gasteiger partial charge on any atom is 0.350 e. The molecule has 0 aliphatic carbocycles. The van der Waals surface area contributed by atoms with Crippen LogP contribution in [0, 0.1) is 0 Å². The highest BCUT2D eigenvalue weighted by atomic mass is 35.5. The fraction of sp³-hybridized carbons (Fsp3) is 0.231. The van der Waals surface area contributed by atoms with Crippen molar-refractivity contribution >= 4 is 23.5 Å². The van der Waals surface area contributed by atoms with Crippen molar-refractivity contribution in [2.24, 2.45) is 0 Å². The van der Waals surface area contributed by atoms with Crippen molar-refractivity contribution in [2.75, 3.05) is 6.54 Å². The maximum absolute atomic E-state index is 12.5. The van der Waals surface area contributed by atoms with E-state index in [1.807, 2.05) is 54.6 Å². The summed E-state index contributed by atoms with van der Waals surface area (Å²) in [4.78, 5) is 24.6. The second-order valence-electron chi connectivity index (χ2n) is 7.83. The number of ether oxygens (including phenoxy) is 2. The van der Waals surface area contributed by atoms with E-state index in [4.69, 9.17) is 21.1 Å². The Labute approximate surface area is 193 Å². The molecule has 0 aliphatic heterocycles. The molecule has 166 valence electrons. The van der Waals surface area contributed by atoms with Gasteiger partial charge < -0.3 is 14.8 Å². The van der Waals surface area contributed by atoms with Crippen LogP contribution >= 0.6 is 11.6 Å². The molecule has 3 aromatic rings. The van der Waals surface area contributed by atoms with Gasteiger partial charge in [-0.25, -0.2) is 4.79 Å². The van der Waals surface area contributed by atoms with Crippen molar-refractivity contribution < 1.29 is 19.1 Å². The lowest BCUT2D eigenvalue weighted by Gasteiger charge is -2.24. The van der Waals surface area contributed by atoms with E-state index < -0.39 is 11.6 Å². The molecule has 0 unspecified atom stereocenters. The molecule has 0 radical (unpaired) electrons. The summed E-state index contributed by atoms with van der Waals surface area (Å²) in [7, 11) is 0. The van der Waals surface area contributed by atoms with E-state index in [9.17, 15) is 9.59 Å². The number of rotatable bonds is 9. The highest BCUT2D eigenvalue weighted by Crippen LogP contribution is 2.21. The van der Waals surface area contributed by atoms with Crippen LogP contribution < -0.4 is 10.1 Å². The Kier molecular flexibility index (Phi) is 7.90. The van der Waals surface area contributed by atoms with E-state index in [0.29, 0.717) is 29.3 Å². The molecule has 0 fully saturated rings. The minimum atomic E-state index is -1.12. The summed E-state index contributed by atoms with van der Waals surface area (Å²) < 4.78 is 11.3. The fourth-order valence-corrected chi connectivity index (χ4v) is 3.11. The van der Waals surface area contributed by atoms with E-state index >= 15 is 0 Å². The van der Waals surface area contributed by atoms with Crippen LogP contribution in [-0.4, -0.2) is 24.0 Å². The minimum absolute atomic E-state index is 0.141. The van der Waals surface area contributed by atoms with Gasteiger partial charge in [-0.05, 0) is 67.8 Å². The van der Waals surface area contributed by atoms with Crippen molar-refractivity contribution in [3.05, 3.63) is 101 Å². The zero-order valence-electron chi connectivity index (χ0n) is 18.1. The van der Waals surface area contributed by atoms with Crippen molar-refractivity contribution in [2.45, 2.75) is 32.5 Å². The number of carbonyl (C=O) groups is 2. The van der Waals surface area contributed by atoms with Gasteiger partial charge in [0.25, 0.3) is 5.91 Å². The first-order valence-corrected chi connectivity index (χ1v) is 10.7. The molecule has 0 heterocycles. The van der Waals surface area contributed by atoms with Gasteiger partial charge in [-0.15, -0.1) is 0 Å². The van der Waals surface area contributed by atoms with E-state index in [0.717, 1.165) is 11.1 Å². The molecule has 6 heteroatoms. The monoisotopic (exact) mass is 451 g/mol. The van der Waals surface area contributed by atoms with Gasteiger partial charge in [0.1, 0.15) is 12.4 Å². The third-order valence-electron chi connectivity index (χ3n) is 4.81. The number of hydrogen-bond acceptors (Lipinski definition) is 4. The topological polar surface area (TPSA) is 64.6 Å². The van der Waals surface area contributed by atoms with Gasteiger partial charge in [0.15, 0.2) is 5.60 Å². The third kappa shape index (κ3) is 6.86. The van der Waals surface area contributed by atoms with Gasteiger partial charge >= 0.3 is 5.97 Å². The molecule has 5 nitrogen and oxygen atoms in total. The molecule has 0 atom stereocenters. The second kappa shape index (κ2) is 10.8. The van der Waals surface area contributed by atoms with Crippen LogP contribution in [0.3, 0.4) is 0 Å². The lowest BCUT2D eigenvalue weighted by molar-refractivity contribution is -0.160. The first-order valence-electron chi connectivity index (χ1n) is 10.4. The van der Waals surface area contributed by atoms with E-state index in [1.54, 1.807) is 38.1 Å². The Morgan fingerprint density at radius 2 is 1.53 bits per heavy atom. The minimum Gasteiger partial charge on any atom is -0.476 e. The summed E-state index contributed by atoms with van der Waals surface area (Å²) in [6.45, 7) is 4.06. The van der Waals surface area contributed by atoms with Gasteiger partial charge in [0, 0.05) is 17.1 Å².